The van der Waals surface area contributed by atoms with E-state index in [9.17, 15) is 4.79 Å². The molecule has 7 nitrogen and oxygen atoms in total. The van der Waals surface area contributed by atoms with Crippen LogP contribution in [-0.2, 0) is 27.5 Å². The normalized spacial score (nSPS) is 12.0. The number of ether oxygens (including phenoxy) is 2. The lowest BCUT2D eigenvalue weighted by atomic mass is 10.1. The van der Waals surface area contributed by atoms with Crippen molar-refractivity contribution in [1.29, 1.82) is 0 Å². The Morgan fingerprint density at radius 3 is 1.73 bits per heavy atom. The highest BCUT2D eigenvalue weighted by Crippen LogP contribution is 2.18. The molecule has 0 saturated carbocycles. The number of nitrogens with one attached hydrogen (secondary N) is 1. The largest absolute Gasteiger partial charge is 0.500 e. The van der Waals surface area contributed by atoms with E-state index in [2.05, 4.69) is 12.2 Å². The molecule has 0 aromatic carbocycles. The second kappa shape index (κ2) is 30.0. The van der Waals surface area contributed by atoms with Gasteiger partial charge < -0.3 is 28.1 Å². The van der Waals surface area contributed by atoms with Crippen LogP contribution in [0.15, 0.2) is 0 Å². The van der Waals surface area contributed by atoms with Gasteiger partial charge in [-0.1, -0.05) is 86.5 Å². The zero-order chi connectivity index (χ0) is 26.0. The maximum Gasteiger partial charge on any atom is 0.500 e. The third kappa shape index (κ3) is 24.3. The predicted molar refractivity (Wildman–Crippen MR) is 159 cm³/mol. The van der Waals surface area contributed by atoms with Crippen molar-refractivity contribution < 1.29 is 27.5 Å². The smallest absolute Gasteiger partial charge is 0.463 e. The Kier molecular flexibility index (Phi) is 33.3. The molecule has 226 valence electrons. The summed E-state index contributed by atoms with van der Waals surface area (Å²) in [5.41, 5.74) is 0. The molecule has 0 heterocycles. The van der Waals surface area contributed by atoms with Gasteiger partial charge in [0, 0.05) is 39.0 Å². The van der Waals surface area contributed by atoms with Gasteiger partial charge in [0.1, 0.15) is 6.61 Å². The Morgan fingerprint density at radius 1 is 0.703 bits per heavy atom. The van der Waals surface area contributed by atoms with Crippen molar-refractivity contribution >= 4 is 14.8 Å². The van der Waals surface area contributed by atoms with Crippen LogP contribution in [0.3, 0.4) is 0 Å². The molecule has 0 aliphatic carbocycles. The first-order valence-corrected chi connectivity index (χ1v) is 16.3. The Bertz CT molecular complexity index is 453. The fraction of sp³-hybridized carbons (Fsp3) is 0.966. The standard InChI is InChI=1S/C27H57NO6Si.2CH4/c1-6-10-11-12-13-14-15-16-17-18-21-30-22-23-31-27(29)26(5)25-28-20-19-24-35(32-7-2,33-8-3)34-9-4;;/h26,28H,6-25H2,1-5H3;2*1H4. The van der Waals surface area contributed by atoms with Crippen LogP contribution in [-0.4, -0.2) is 67.5 Å². The lowest BCUT2D eigenvalue weighted by Gasteiger charge is -2.28. The van der Waals surface area contributed by atoms with Crippen LogP contribution in [0, 0.1) is 5.92 Å². The van der Waals surface area contributed by atoms with Gasteiger partial charge in [-0.2, -0.15) is 0 Å². The molecule has 0 radical (unpaired) electrons. The average Bonchev–Trinajstić information content (AvgIpc) is 2.84. The lowest BCUT2D eigenvalue weighted by Crippen LogP contribution is -2.46. The van der Waals surface area contributed by atoms with Crippen molar-refractivity contribution in [2.45, 2.75) is 126 Å². The fourth-order valence-electron chi connectivity index (χ4n) is 3.97. The second-order valence-corrected chi connectivity index (χ2v) is 11.9. The van der Waals surface area contributed by atoms with Crippen molar-refractivity contribution in [3.05, 3.63) is 0 Å². The Morgan fingerprint density at radius 2 is 1.22 bits per heavy atom. The van der Waals surface area contributed by atoms with Crippen LogP contribution < -0.4 is 5.32 Å². The maximum absolute atomic E-state index is 12.2. The molecular formula is C29H65NO6Si. The monoisotopic (exact) mass is 551 g/mol. The van der Waals surface area contributed by atoms with E-state index < -0.39 is 8.80 Å². The summed E-state index contributed by atoms with van der Waals surface area (Å²) in [7, 11) is -2.59. The minimum Gasteiger partial charge on any atom is -0.463 e. The summed E-state index contributed by atoms with van der Waals surface area (Å²) >= 11 is 0. The molecule has 0 aromatic heterocycles. The molecule has 0 aromatic rings. The molecule has 0 rings (SSSR count). The summed E-state index contributed by atoms with van der Waals surface area (Å²) in [5, 5.41) is 3.34. The van der Waals surface area contributed by atoms with E-state index in [1.165, 1.54) is 57.8 Å². The minimum atomic E-state index is -2.59. The number of carbonyl (C=O) groups excluding carboxylic acids is 1. The summed E-state index contributed by atoms with van der Waals surface area (Å²) < 4.78 is 28.6. The molecule has 1 N–H and O–H groups in total. The molecule has 0 amide bonds. The summed E-state index contributed by atoms with van der Waals surface area (Å²) in [5.74, 6) is -0.369. The van der Waals surface area contributed by atoms with E-state index in [0.717, 1.165) is 32.0 Å². The van der Waals surface area contributed by atoms with Crippen LogP contribution in [0.4, 0.5) is 0 Å². The van der Waals surface area contributed by atoms with E-state index in [4.69, 9.17) is 22.8 Å². The molecule has 0 bridgehead atoms. The van der Waals surface area contributed by atoms with Crippen LogP contribution in [0.1, 0.15) is 120 Å². The summed E-state index contributed by atoms with van der Waals surface area (Å²) in [6.07, 6.45) is 14.0. The van der Waals surface area contributed by atoms with E-state index in [-0.39, 0.29) is 26.7 Å². The number of hydrogen-bond acceptors (Lipinski definition) is 7. The molecular weight excluding hydrogens is 486 g/mol. The van der Waals surface area contributed by atoms with E-state index in [1.54, 1.807) is 0 Å². The molecule has 0 saturated heterocycles. The highest BCUT2D eigenvalue weighted by molar-refractivity contribution is 6.60. The predicted octanol–water partition coefficient (Wildman–Crippen LogP) is 7.40. The molecule has 1 atom stereocenters. The van der Waals surface area contributed by atoms with Gasteiger partial charge in [-0.15, -0.1) is 0 Å². The summed E-state index contributed by atoms with van der Waals surface area (Å²) in [4.78, 5) is 12.2. The topological polar surface area (TPSA) is 75.3 Å². The molecule has 0 aliphatic rings. The molecule has 1 unspecified atom stereocenters. The van der Waals surface area contributed by atoms with Crippen molar-refractivity contribution in [2.75, 3.05) is 52.7 Å². The van der Waals surface area contributed by atoms with Gasteiger partial charge in [-0.25, -0.2) is 0 Å². The maximum atomic E-state index is 12.2. The van der Waals surface area contributed by atoms with Crippen LogP contribution in [0.5, 0.6) is 0 Å². The van der Waals surface area contributed by atoms with Crippen LogP contribution in [0.2, 0.25) is 6.04 Å². The van der Waals surface area contributed by atoms with Crippen LogP contribution >= 0.6 is 0 Å². The van der Waals surface area contributed by atoms with Gasteiger partial charge in [0.15, 0.2) is 0 Å². The van der Waals surface area contributed by atoms with Crippen LogP contribution in [0.25, 0.3) is 0 Å². The first kappa shape index (κ1) is 41.0. The number of unbranched alkanes of at least 4 members (excludes halogenated alkanes) is 9. The average molecular weight is 552 g/mol. The Balaban J connectivity index is -0.00000578. The first-order chi connectivity index (χ1) is 17.0. The van der Waals surface area contributed by atoms with Gasteiger partial charge in [0.25, 0.3) is 0 Å². The zero-order valence-corrected chi connectivity index (χ0v) is 24.7. The third-order valence-electron chi connectivity index (χ3n) is 5.90. The second-order valence-electron chi connectivity index (χ2n) is 9.15. The Hall–Kier alpha value is -0.513. The zero-order valence-electron chi connectivity index (χ0n) is 23.7. The number of esters is 1. The lowest BCUT2D eigenvalue weighted by molar-refractivity contribution is -0.149. The van der Waals surface area contributed by atoms with Crippen molar-refractivity contribution in [3.8, 4) is 0 Å². The van der Waals surface area contributed by atoms with E-state index >= 15 is 0 Å². The Labute approximate surface area is 232 Å². The fourth-order valence-corrected chi connectivity index (χ4v) is 6.58. The molecule has 37 heavy (non-hydrogen) atoms. The van der Waals surface area contributed by atoms with Gasteiger partial charge >= 0.3 is 14.8 Å². The van der Waals surface area contributed by atoms with Gasteiger partial charge in [-0.05, 0) is 40.2 Å². The summed E-state index contributed by atoms with van der Waals surface area (Å²) in [6, 6.07) is 0.769. The molecule has 0 spiro atoms. The van der Waals surface area contributed by atoms with Gasteiger partial charge in [0.05, 0.1) is 12.5 Å². The van der Waals surface area contributed by atoms with Gasteiger partial charge in [0.2, 0.25) is 0 Å². The summed E-state index contributed by atoms with van der Waals surface area (Å²) in [6.45, 7) is 14.7. The van der Waals surface area contributed by atoms with Crippen molar-refractivity contribution in [2.24, 2.45) is 5.92 Å². The van der Waals surface area contributed by atoms with Gasteiger partial charge in [-0.3, -0.25) is 4.79 Å². The quantitative estimate of drug-likeness (QED) is 0.0647. The number of rotatable bonds is 27. The number of hydrogen-bond donors (Lipinski definition) is 1. The van der Waals surface area contributed by atoms with Crippen molar-refractivity contribution in [3.63, 3.8) is 0 Å². The highest BCUT2D eigenvalue weighted by Gasteiger charge is 2.39. The third-order valence-corrected chi connectivity index (χ3v) is 9.05. The SMILES string of the molecule is C.C.CCCCCCCCCCCCOCCOC(=O)C(C)CNCCC[Si](OCC)(OCC)OCC. The van der Waals surface area contributed by atoms with E-state index in [1.807, 2.05) is 27.7 Å². The minimum absolute atomic E-state index is 0. The molecule has 8 heteroatoms. The highest BCUT2D eigenvalue weighted by atomic mass is 28.4. The molecule has 0 fully saturated rings. The van der Waals surface area contributed by atoms with E-state index in [0.29, 0.717) is 39.6 Å². The number of carbonyl (C=O) groups is 1. The van der Waals surface area contributed by atoms with Crippen molar-refractivity contribution in [1.82, 2.24) is 5.32 Å². The molecule has 0 aliphatic heterocycles. The first-order valence-electron chi connectivity index (χ1n) is 14.4.